The van der Waals surface area contributed by atoms with Crippen molar-refractivity contribution < 1.29 is 67.5 Å². The molecule has 6 aliphatic heterocycles. The third-order valence-corrected chi connectivity index (χ3v) is 14.9. The van der Waals surface area contributed by atoms with Crippen LogP contribution in [0.5, 0.6) is 0 Å². The van der Waals surface area contributed by atoms with Crippen molar-refractivity contribution in [3.63, 3.8) is 0 Å². The van der Waals surface area contributed by atoms with Crippen LogP contribution in [0.25, 0.3) is 0 Å². The molecule has 4 saturated heterocycles. The standard InChI is InChI=1S/C49H74O14/c1-11-26(2)45-29(5)17-18-48(63-45)23-35-20-34(62-48)16-15-28(4)44(60-41-22-39(55-10)46(32(8)58-41)61-40-21-38(54-9)43(51)31(7)57-40)27(3)13-12-14-33-24-56-25-37-42(50)30(6)19-36(47(52)59-35)49(33,37)53/h12-15,17-19,26-27,29,31-32,34-46,50-51,53H,11,16,20-25H2,1-10H3/t26-,27-,29-,31-,32-,34+,35-,36?,37+,38-,39-,40-,41-,42+,43-,44-,45+,46?,48?,49+/m0/s1. The van der Waals surface area contributed by atoms with Crippen molar-refractivity contribution in [3.8, 4) is 0 Å². The molecule has 7 aliphatic rings. The monoisotopic (exact) mass is 887 g/mol. The predicted octanol–water partition coefficient (Wildman–Crippen LogP) is 5.63. The lowest BCUT2D eigenvalue weighted by Crippen LogP contribution is -2.61. The summed E-state index contributed by atoms with van der Waals surface area (Å²) in [6.07, 6.45) is 9.81. The minimum absolute atomic E-state index is 0.0806. The molecule has 0 amide bonds. The van der Waals surface area contributed by atoms with Crippen LogP contribution in [0.1, 0.15) is 93.9 Å². The van der Waals surface area contributed by atoms with E-state index in [0.29, 0.717) is 43.3 Å². The van der Waals surface area contributed by atoms with Crippen molar-refractivity contribution in [1.82, 2.24) is 0 Å². The van der Waals surface area contributed by atoms with E-state index in [1.165, 1.54) is 0 Å². The van der Waals surface area contributed by atoms with Crippen LogP contribution in [0.2, 0.25) is 0 Å². The number of carbonyl (C=O) groups is 1. The molecule has 14 heteroatoms. The largest absolute Gasteiger partial charge is 0.462 e. The van der Waals surface area contributed by atoms with Gasteiger partial charge < -0.3 is 62.7 Å². The molecule has 0 aromatic carbocycles. The van der Waals surface area contributed by atoms with E-state index in [9.17, 15) is 20.1 Å². The normalized spacial score (nSPS) is 46.6. The van der Waals surface area contributed by atoms with Crippen LogP contribution in [0.3, 0.4) is 0 Å². The van der Waals surface area contributed by atoms with Crippen molar-refractivity contribution in [3.05, 3.63) is 59.3 Å². The van der Waals surface area contributed by atoms with Gasteiger partial charge in [0.15, 0.2) is 18.4 Å². The highest BCUT2D eigenvalue weighted by molar-refractivity contribution is 5.78. The molecule has 20 atom stereocenters. The minimum Gasteiger partial charge on any atom is -0.462 e. The van der Waals surface area contributed by atoms with Crippen molar-refractivity contribution in [2.24, 2.45) is 29.6 Å². The number of allylic oxidation sites excluding steroid dienone is 2. The number of aliphatic hydroxyl groups is 3. The average molecular weight is 887 g/mol. The molecule has 6 heterocycles. The zero-order chi connectivity index (χ0) is 45.4. The second kappa shape index (κ2) is 20.3. The Labute approximate surface area is 373 Å². The van der Waals surface area contributed by atoms with Gasteiger partial charge in [0.05, 0.1) is 62.0 Å². The van der Waals surface area contributed by atoms with Crippen LogP contribution >= 0.6 is 0 Å². The number of methoxy groups -OCH3 is 2. The van der Waals surface area contributed by atoms with Gasteiger partial charge in [0.2, 0.25) is 0 Å². The van der Waals surface area contributed by atoms with Crippen LogP contribution in [-0.2, 0) is 52.2 Å². The molecular formula is C49H74O14. The van der Waals surface area contributed by atoms with E-state index in [1.54, 1.807) is 40.2 Å². The number of esters is 1. The van der Waals surface area contributed by atoms with Gasteiger partial charge in [-0.2, -0.15) is 0 Å². The fraction of sp³-hybridized carbons (Fsp3) is 0.776. The fourth-order valence-corrected chi connectivity index (χ4v) is 10.9. The summed E-state index contributed by atoms with van der Waals surface area (Å²) in [5, 5.41) is 34.6. The quantitative estimate of drug-likeness (QED) is 0.203. The molecule has 0 aromatic heterocycles. The second-order valence-electron chi connectivity index (χ2n) is 19.3. The zero-order valence-electron chi connectivity index (χ0n) is 38.9. The first-order valence-electron chi connectivity index (χ1n) is 23.3. The highest BCUT2D eigenvalue weighted by Gasteiger charge is 2.58. The van der Waals surface area contributed by atoms with E-state index in [0.717, 1.165) is 12.0 Å². The van der Waals surface area contributed by atoms with Crippen LogP contribution < -0.4 is 0 Å². The molecule has 7 rings (SSSR count). The van der Waals surface area contributed by atoms with Gasteiger partial charge in [-0.1, -0.05) is 70.6 Å². The van der Waals surface area contributed by atoms with E-state index in [1.807, 2.05) is 32.1 Å². The number of ether oxygens (including phenoxy) is 10. The van der Waals surface area contributed by atoms with Gasteiger partial charge in [0.25, 0.3) is 0 Å². The maximum absolute atomic E-state index is 14.5. The number of hydrogen-bond acceptors (Lipinski definition) is 14. The first-order chi connectivity index (χ1) is 30.0. The Kier molecular flexibility index (Phi) is 15.7. The number of rotatable bonds is 8. The Balaban J connectivity index is 1.19. The second-order valence-corrected chi connectivity index (χ2v) is 19.3. The Morgan fingerprint density at radius 1 is 0.889 bits per heavy atom. The van der Waals surface area contributed by atoms with Crippen molar-refractivity contribution >= 4 is 5.97 Å². The summed E-state index contributed by atoms with van der Waals surface area (Å²) in [6.45, 7) is 16.3. The number of aliphatic hydroxyl groups excluding tert-OH is 2. The average Bonchev–Trinajstić information content (AvgIpc) is 3.25. The molecule has 1 spiro atoms. The first-order valence-corrected chi connectivity index (χ1v) is 23.3. The van der Waals surface area contributed by atoms with E-state index in [2.05, 4.69) is 39.8 Å². The number of carbonyl (C=O) groups excluding carboxylic acids is 1. The van der Waals surface area contributed by atoms with Gasteiger partial charge in [0.1, 0.15) is 29.8 Å². The molecule has 4 fully saturated rings. The molecule has 3 N–H and O–H groups in total. The van der Waals surface area contributed by atoms with Gasteiger partial charge >= 0.3 is 5.97 Å². The third-order valence-electron chi connectivity index (χ3n) is 14.9. The molecule has 14 nitrogen and oxygen atoms in total. The maximum atomic E-state index is 14.5. The van der Waals surface area contributed by atoms with Crippen LogP contribution in [0.4, 0.5) is 0 Å². The van der Waals surface area contributed by atoms with Crippen LogP contribution in [-0.4, -0.2) is 140 Å². The molecule has 3 unspecified atom stereocenters. The van der Waals surface area contributed by atoms with E-state index in [-0.39, 0.29) is 49.3 Å². The van der Waals surface area contributed by atoms with Gasteiger partial charge in [-0.05, 0) is 62.8 Å². The molecule has 0 saturated carbocycles. The van der Waals surface area contributed by atoms with Crippen molar-refractivity contribution in [1.29, 1.82) is 0 Å². The molecular weight excluding hydrogens is 813 g/mol. The summed E-state index contributed by atoms with van der Waals surface area (Å²) in [6, 6.07) is 0. The summed E-state index contributed by atoms with van der Waals surface area (Å²) in [5.74, 6) is -3.28. The first kappa shape index (κ1) is 48.6. The maximum Gasteiger partial charge on any atom is 0.316 e. The summed E-state index contributed by atoms with van der Waals surface area (Å²) in [7, 11) is 3.22. The molecule has 0 aromatic rings. The lowest BCUT2D eigenvalue weighted by molar-refractivity contribution is -0.318. The Bertz CT molecular complexity index is 1740. The van der Waals surface area contributed by atoms with Gasteiger partial charge in [0, 0.05) is 57.7 Å². The third kappa shape index (κ3) is 10.2. The topological polar surface area (TPSA) is 170 Å². The lowest BCUT2D eigenvalue weighted by atomic mass is 9.64. The Hall–Kier alpha value is -2.31. The molecule has 0 radical (unpaired) electrons. The van der Waals surface area contributed by atoms with Gasteiger partial charge in [-0.25, -0.2) is 0 Å². The number of fused-ring (bicyclic) bond motifs is 2. The Morgan fingerprint density at radius 2 is 1.60 bits per heavy atom. The summed E-state index contributed by atoms with van der Waals surface area (Å²) >= 11 is 0. The zero-order valence-corrected chi connectivity index (χ0v) is 38.9. The van der Waals surface area contributed by atoms with Crippen LogP contribution in [0, 0.1) is 29.6 Å². The molecule has 2 bridgehead atoms. The van der Waals surface area contributed by atoms with Gasteiger partial charge in [-0.3, -0.25) is 4.79 Å². The summed E-state index contributed by atoms with van der Waals surface area (Å²) < 4.78 is 63.7. The van der Waals surface area contributed by atoms with E-state index in [4.69, 9.17) is 47.4 Å². The lowest BCUT2D eigenvalue weighted by Gasteiger charge is -2.50. The highest BCUT2D eigenvalue weighted by atomic mass is 16.7. The SMILES string of the molecule is CC[C@H](C)[C@H]1OC2(C=C[C@@H]1C)C[C@@H]1C[C@@H](CC=C(C)[C@@H](O[C@H]3C[C@H](OC)C(O[C@H]4C[C@H](OC)[C@@H](O)[C@H](C)O4)[C@H](C)O3)[C@@H](C)C=CC=C3COC[C@@H]4[C@H](O)C(C)=CC(C(=O)O1)[C@]34O)O2. The summed E-state index contributed by atoms with van der Waals surface area (Å²) in [5.41, 5.74) is 0.277. The molecule has 63 heavy (non-hydrogen) atoms. The minimum atomic E-state index is -1.75. The Morgan fingerprint density at radius 3 is 2.33 bits per heavy atom. The van der Waals surface area contributed by atoms with E-state index >= 15 is 0 Å². The van der Waals surface area contributed by atoms with Crippen molar-refractivity contribution in [2.75, 3.05) is 27.4 Å². The highest BCUT2D eigenvalue weighted by Crippen LogP contribution is 2.47. The van der Waals surface area contributed by atoms with Crippen molar-refractivity contribution in [2.45, 2.75) is 185 Å². The predicted molar refractivity (Wildman–Crippen MR) is 232 cm³/mol. The van der Waals surface area contributed by atoms with Crippen LogP contribution in [0.15, 0.2) is 59.3 Å². The fourth-order valence-electron chi connectivity index (χ4n) is 10.9. The van der Waals surface area contributed by atoms with Gasteiger partial charge in [-0.15, -0.1) is 0 Å². The van der Waals surface area contributed by atoms with E-state index < -0.39 is 90.6 Å². The molecule has 1 aliphatic carbocycles. The molecule has 354 valence electrons. The smallest absolute Gasteiger partial charge is 0.316 e. The summed E-state index contributed by atoms with van der Waals surface area (Å²) in [4.78, 5) is 14.5. The number of hydrogen-bond donors (Lipinski definition) is 3.